The molecule has 2 N–H and O–H groups in total. The van der Waals surface area contributed by atoms with Crippen LogP contribution < -0.4 is 19.8 Å². The average Bonchev–Trinajstić information content (AvgIpc) is 3.35. The fraction of sp³-hybridized carbons (Fsp3) is 0.517. The molecule has 1 unspecified atom stereocenters. The van der Waals surface area contributed by atoms with Crippen molar-refractivity contribution in [3.63, 3.8) is 0 Å². The van der Waals surface area contributed by atoms with Crippen molar-refractivity contribution < 1.29 is 27.6 Å². The van der Waals surface area contributed by atoms with Crippen LogP contribution in [0.4, 0.5) is 10.6 Å². The molecule has 3 aromatic rings. The van der Waals surface area contributed by atoms with E-state index in [-0.39, 0.29) is 17.7 Å². The molecule has 1 aliphatic rings. The Morgan fingerprint density at radius 3 is 2.33 bits per heavy atom. The molecule has 4 rings (SSSR count). The maximum absolute atomic E-state index is 13.7. The fourth-order valence-electron chi connectivity index (χ4n) is 5.24. The van der Waals surface area contributed by atoms with Gasteiger partial charge in [-0.15, -0.1) is 0 Å². The monoisotopic (exact) mass is 600 g/mol. The number of carbonyl (C=O) groups is 2. The zero-order valence-corrected chi connectivity index (χ0v) is 25.8. The summed E-state index contributed by atoms with van der Waals surface area (Å²) >= 11 is 0. The van der Waals surface area contributed by atoms with Crippen molar-refractivity contribution in [3.8, 4) is 0 Å². The zero-order chi connectivity index (χ0) is 30.7. The first kappa shape index (κ1) is 31.2. The third-order valence-corrected chi connectivity index (χ3v) is 9.12. The molecule has 12 nitrogen and oxygen atoms in total. The van der Waals surface area contributed by atoms with Crippen LogP contribution in [0.2, 0.25) is 0 Å². The van der Waals surface area contributed by atoms with Crippen molar-refractivity contribution in [2.75, 3.05) is 24.7 Å². The van der Waals surface area contributed by atoms with Gasteiger partial charge < -0.3 is 19.8 Å². The predicted octanol–water partition coefficient (Wildman–Crippen LogP) is 3.37. The van der Waals surface area contributed by atoms with Gasteiger partial charge in [0.05, 0.1) is 11.1 Å². The first-order valence-corrected chi connectivity index (χ1v) is 15.6. The van der Waals surface area contributed by atoms with Crippen LogP contribution in [-0.4, -0.2) is 66.7 Å². The van der Waals surface area contributed by atoms with Crippen molar-refractivity contribution in [3.05, 3.63) is 54.5 Å². The number of sulfonamides is 1. The highest BCUT2D eigenvalue weighted by atomic mass is 32.2. The SMILES string of the molecule is CNS(=O)(=O)CC1CCC(N(C)c2ncnc3c2ccn3OC(=O)C(C)(NC(=O)OC(C)(C)C)c2ccccc2)CC1. The normalized spacial score (nSPS) is 19.1. The first-order chi connectivity index (χ1) is 19.7. The predicted molar refractivity (Wildman–Crippen MR) is 159 cm³/mol. The molecule has 0 radical (unpaired) electrons. The molecule has 13 heteroatoms. The van der Waals surface area contributed by atoms with Crippen LogP contribution >= 0.6 is 0 Å². The summed E-state index contributed by atoms with van der Waals surface area (Å²) in [6.07, 6.45) is 5.50. The second-order valence-corrected chi connectivity index (χ2v) is 13.8. The van der Waals surface area contributed by atoms with Gasteiger partial charge in [0, 0.05) is 19.3 Å². The summed E-state index contributed by atoms with van der Waals surface area (Å²) in [4.78, 5) is 43.2. The Balaban J connectivity index is 1.54. The Morgan fingerprint density at radius 1 is 1.05 bits per heavy atom. The van der Waals surface area contributed by atoms with Crippen molar-refractivity contribution >= 4 is 38.9 Å². The number of amides is 1. The number of anilines is 1. The quantitative estimate of drug-likeness (QED) is 0.378. The molecule has 0 spiro atoms. The molecular formula is C29H40N6O6S. The lowest BCUT2D eigenvalue weighted by Gasteiger charge is -2.35. The number of ether oxygens (including phenoxy) is 1. The zero-order valence-electron chi connectivity index (χ0n) is 25.0. The molecule has 1 aliphatic carbocycles. The summed E-state index contributed by atoms with van der Waals surface area (Å²) in [5.74, 6) is 0.196. The Labute approximate surface area is 246 Å². The molecule has 1 atom stereocenters. The molecule has 228 valence electrons. The number of benzene rings is 1. The molecule has 0 aliphatic heterocycles. The minimum absolute atomic E-state index is 0.117. The Morgan fingerprint density at radius 2 is 1.71 bits per heavy atom. The number of rotatable bonds is 9. The number of hydrogen-bond donors (Lipinski definition) is 2. The lowest BCUT2D eigenvalue weighted by atomic mass is 9.86. The van der Waals surface area contributed by atoms with Gasteiger partial charge >= 0.3 is 12.1 Å². The van der Waals surface area contributed by atoms with Gasteiger partial charge in [0.2, 0.25) is 10.0 Å². The van der Waals surface area contributed by atoms with E-state index in [0.29, 0.717) is 22.4 Å². The molecule has 42 heavy (non-hydrogen) atoms. The van der Waals surface area contributed by atoms with E-state index in [1.807, 2.05) is 13.1 Å². The van der Waals surface area contributed by atoms with E-state index in [9.17, 15) is 18.0 Å². The topological polar surface area (TPSA) is 145 Å². The van der Waals surface area contributed by atoms with Crippen molar-refractivity contribution in [2.24, 2.45) is 5.92 Å². The van der Waals surface area contributed by atoms with E-state index in [1.165, 1.54) is 18.1 Å². The van der Waals surface area contributed by atoms with Gasteiger partial charge in [-0.05, 0) is 78.0 Å². The lowest BCUT2D eigenvalue weighted by Crippen LogP contribution is -2.53. The molecule has 0 bridgehead atoms. The maximum atomic E-state index is 13.7. The smallest absolute Gasteiger partial charge is 0.408 e. The van der Waals surface area contributed by atoms with Crippen LogP contribution in [0.15, 0.2) is 48.9 Å². The van der Waals surface area contributed by atoms with E-state index in [0.717, 1.165) is 25.7 Å². The highest BCUT2D eigenvalue weighted by Gasteiger charge is 2.41. The molecule has 1 aromatic carbocycles. The van der Waals surface area contributed by atoms with E-state index < -0.39 is 33.2 Å². The van der Waals surface area contributed by atoms with Gasteiger partial charge in [0.25, 0.3) is 0 Å². The molecule has 2 heterocycles. The van der Waals surface area contributed by atoms with E-state index >= 15 is 0 Å². The second-order valence-electron chi connectivity index (χ2n) is 11.8. The van der Waals surface area contributed by atoms with E-state index in [1.54, 1.807) is 64.2 Å². The van der Waals surface area contributed by atoms with Gasteiger partial charge in [-0.2, -0.15) is 4.73 Å². The third-order valence-electron chi connectivity index (χ3n) is 7.58. The first-order valence-electron chi connectivity index (χ1n) is 14.0. The number of hydrogen-bond acceptors (Lipinski definition) is 9. The van der Waals surface area contributed by atoms with Gasteiger partial charge in [0.15, 0.2) is 11.2 Å². The number of fused-ring (bicyclic) bond motifs is 1. The number of aromatic nitrogens is 3. The van der Waals surface area contributed by atoms with Crippen LogP contribution in [0.3, 0.4) is 0 Å². The standard InChI is InChI=1S/C29H40N6O6S/c1-28(2,3)40-27(37)33-29(4,21-10-8-7-9-11-21)26(36)41-35-17-16-23-24(31-19-32-25(23)35)34(6)22-14-12-20(13-15-22)18-42(38,39)30-5/h7-11,16-17,19-20,22,30H,12-15,18H2,1-6H3,(H,33,37). The Bertz CT molecular complexity index is 1510. The average molecular weight is 601 g/mol. The molecular weight excluding hydrogens is 560 g/mol. The van der Waals surface area contributed by atoms with E-state index in [4.69, 9.17) is 9.57 Å². The minimum Gasteiger partial charge on any atom is -0.444 e. The van der Waals surface area contributed by atoms with Gasteiger partial charge in [-0.3, -0.25) is 0 Å². The third kappa shape index (κ3) is 7.19. The van der Waals surface area contributed by atoms with Crippen molar-refractivity contribution in [2.45, 2.75) is 70.6 Å². The summed E-state index contributed by atoms with van der Waals surface area (Å²) in [6.45, 7) is 6.79. The summed E-state index contributed by atoms with van der Waals surface area (Å²) in [5.41, 5.74) is -1.41. The summed E-state index contributed by atoms with van der Waals surface area (Å²) < 4.78 is 33.0. The van der Waals surface area contributed by atoms with Crippen LogP contribution in [0.25, 0.3) is 11.0 Å². The lowest BCUT2D eigenvalue weighted by molar-refractivity contribution is -0.151. The molecule has 1 amide bonds. The van der Waals surface area contributed by atoms with Crippen molar-refractivity contribution in [1.82, 2.24) is 24.7 Å². The number of nitrogens with one attached hydrogen (secondary N) is 2. The van der Waals surface area contributed by atoms with Gasteiger partial charge in [-0.25, -0.2) is 32.7 Å². The number of alkyl carbamates (subject to hydrolysis) is 1. The summed E-state index contributed by atoms with van der Waals surface area (Å²) in [6, 6.07) is 10.8. The van der Waals surface area contributed by atoms with Crippen LogP contribution in [0.5, 0.6) is 0 Å². The number of nitrogens with zero attached hydrogens (tertiary/aromatic N) is 4. The van der Waals surface area contributed by atoms with Crippen LogP contribution in [0, 0.1) is 5.92 Å². The van der Waals surface area contributed by atoms with Gasteiger partial charge in [-0.1, -0.05) is 30.3 Å². The van der Waals surface area contributed by atoms with Crippen LogP contribution in [-0.2, 0) is 25.1 Å². The largest absolute Gasteiger partial charge is 0.444 e. The highest BCUT2D eigenvalue weighted by molar-refractivity contribution is 7.89. The van der Waals surface area contributed by atoms with Crippen LogP contribution in [0.1, 0.15) is 58.9 Å². The Hall–Kier alpha value is -3.71. The number of carbonyl (C=O) groups excluding carboxylic acids is 2. The highest BCUT2D eigenvalue weighted by Crippen LogP contribution is 2.32. The van der Waals surface area contributed by atoms with Gasteiger partial charge in [0.1, 0.15) is 17.7 Å². The summed E-state index contributed by atoms with van der Waals surface area (Å²) in [7, 11) is 0.152. The van der Waals surface area contributed by atoms with E-state index in [2.05, 4.69) is 24.9 Å². The maximum Gasteiger partial charge on any atom is 0.408 e. The Kier molecular flexibility index (Phi) is 9.12. The molecule has 2 aromatic heterocycles. The molecule has 1 saturated carbocycles. The second kappa shape index (κ2) is 12.3. The van der Waals surface area contributed by atoms with Crippen molar-refractivity contribution in [1.29, 1.82) is 0 Å². The minimum atomic E-state index is -3.25. The molecule has 1 fully saturated rings. The summed E-state index contributed by atoms with van der Waals surface area (Å²) in [5, 5.41) is 3.38. The fourth-order valence-corrected chi connectivity index (χ4v) is 6.36. The molecule has 0 saturated heterocycles.